The van der Waals surface area contributed by atoms with Gasteiger partial charge in [-0.05, 0) is 25.1 Å². The van der Waals surface area contributed by atoms with E-state index >= 15 is 0 Å². The fourth-order valence-electron chi connectivity index (χ4n) is 4.14. The zero-order valence-corrected chi connectivity index (χ0v) is 16.7. The summed E-state index contributed by atoms with van der Waals surface area (Å²) in [5.41, 5.74) is 2.72. The number of fused-ring (bicyclic) bond motifs is 2. The van der Waals surface area contributed by atoms with Gasteiger partial charge in [0, 0.05) is 54.7 Å². The molecule has 5 rings (SSSR count). The number of hydrogen-bond donors (Lipinski definition) is 1. The van der Waals surface area contributed by atoms with Crippen LogP contribution in [0, 0.1) is 0 Å². The molecule has 2 aromatic carbocycles. The van der Waals surface area contributed by atoms with E-state index in [0.29, 0.717) is 18.7 Å². The molecule has 3 aliphatic heterocycles. The molecule has 1 saturated heterocycles. The van der Waals surface area contributed by atoms with Crippen molar-refractivity contribution >= 4 is 23.3 Å². The van der Waals surface area contributed by atoms with Gasteiger partial charge < -0.3 is 29.3 Å². The Morgan fingerprint density at radius 3 is 2.83 bits per heavy atom. The number of benzene rings is 2. The van der Waals surface area contributed by atoms with Crippen molar-refractivity contribution in [3.63, 3.8) is 0 Å². The van der Waals surface area contributed by atoms with E-state index in [2.05, 4.69) is 17.1 Å². The molecule has 1 atom stereocenters. The molecule has 0 aliphatic carbocycles. The largest absolute Gasteiger partial charge is 0.454 e. The topological polar surface area (TPSA) is 80.3 Å². The molecular weight excluding hydrogens is 386 g/mol. The summed E-state index contributed by atoms with van der Waals surface area (Å²) < 4.78 is 16.0. The Morgan fingerprint density at radius 2 is 1.97 bits per heavy atom. The van der Waals surface area contributed by atoms with Gasteiger partial charge in [-0.1, -0.05) is 6.07 Å². The van der Waals surface area contributed by atoms with Crippen LogP contribution < -0.4 is 24.4 Å². The second-order valence-corrected chi connectivity index (χ2v) is 7.75. The molecule has 8 heteroatoms. The van der Waals surface area contributed by atoms with Crippen LogP contribution in [0.25, 0.3) is 0 Å². The Kier molecular flexibility index (Phi) is 4.61. The summed E-state index contributed by atoms with van der Waals surface area (Å²) in [6.45, 7) is 4.67. The molecule has 0 radical (unpaired) electrons. The van der Waals surface area contributed by atoms with Gasteiger partial charge in [-0.25, -0.2) is 0 Å². The average molecular weight is 409 g/mol. The molecule has 1 amide bonds. The van der Waals surface area contributed by atoms with Gasteiger partial charge in [-0.3, -0.25) is 9.59 Å². The number of rotatable bonds is 4. The minimum atomic E-state index is -0.243. The first-order valence-electron chi connectivity index (χ1n) is 10.1. The number of piperazine rings is 1. The second kappa shape index (κ2) is 7.44. The van der Waals surface area contributed by atoms with Gasteiger partial charge >= 0.3 is 5.97 Å². The van der Waals surface area contributed by atoms with Crippen molar-refractivity contribution in [2.45, 2.75) is 19.4 Å². The standard InChI is InChI=1S/C22H23N3O5/c1-14-12-24(17-4-5-18-20(10-17)29-13-28-18)6-7-25(14)21(26)11-23-16-3-2-15-8-22(27)30-19(15)9-16/h2-5,9-10,14,23H,6-8,11-13H2,1H3/t14-/m1/s1. The van der Waals surface area contributed by atoms with Crippen LogP contribution in [0.15, 0.2) is 36.4 Å². The molecule has 8 nitrogen and oxygen atoms in total. The molecule has 2 aromatic rings. The van der Waals surface area contributed by atoms with Crippen molar-refractivity contribution in [1.29, 1.82) is 0 Å². The summed E-state index contributed by atoms with van der Waals surface area (Å²) in [6.07, 6.45) is 0.305. The van der Waals surface area contributed by atoms with Crippen LogP contribution in [0.4, 0.5) is 11.4 Å². The normalized spacial score (nSPS) is 19.5. The SMILES string of the molecule is C[C@@H]1CN(c2ccc3c(c2)OCO3)CCN1C(=O)CNc1ccc2c(c1)OC(=O)C2. The molecule has 1 fully saturated rings. The van der Waals surface area contributed by atoms with Gasteiger partial charge in [0.05, 0.1) is 13.0 Å². The molecule has 0 bridgehead atoms. The highest BCUT2D eigenvalue weighted by molar-refractivity contribution is 5.83. The lowest BCUT2D eigenvalue weighted by atomic mass is 10.1. The number of esters is 1. The molecule has 156 valence electrons. The molecule has 3 heterocycles. The lowest BCUT2D eigenvalue weighted by Gasteiger charge is -2.41. The van der Waals surface area contributed by atoms with Crippen molar-refractivity contribution in [2.24, 2.45) is 0 Å². The van der Waals surface area contributed by atoms with Gasteiger partial charge in [0.25, 0.3) is 0 Å². The highest BCUT2D eigenvalue weighted by atomic mass is 16.7. The Balaban J connectivity index is 1.18. The quantitative estimate of drug-likeness (QED) is 0.611. The summed E-state index contributed by atoms with van der Waals surface area (Å²) in [5, 5.41) is 3.15. The summed E-state index contributed by atoms with van der Waals surface area (Å²) in [4.78, 5) is 28.3. The van der Waals surface area contributed by atoms with Gasteiger partial charge in [0.2, 0.25) is 12.7 Å². The smallest absolute Gasteiger partial charge is 0.315 e. The van der Waals surface area contributed by atoms with Crippen LogP contribution in [0.5, 0.6) is 17.2 Å². The van der Waals surface area contributed by atoms with Crippen molar-refractivity contribution in [1.82, 2.24) is 4.90 Å². The van der Waals surface area contributed by atoms with Crippen LogP contribution >= 0.6 is 0 Å². The van der Waals surface area contributed by atoms with Crippen molar-refractivity contribution in [3.8, 4) is 17.2 Å². The molecule has 30 heavy (non-hydrogen) atoms. The molecule has 0 aromatic heterocycles. The van der Waals surface area contributed by atoms with Crippen LogP contribution in [0.3, 0.4) is 0 Å². The van der Waals surface area contributed by atoms with Gasteiger partial charge in [-0.15, -0.1) is 0 Å². The Bertz CT molecular complexity index is 1010. The Labute approximate surface area is 174 Å². The molecular formula is C22H23N3O5. The summed E-state index contributed by atoms with van der Waals surface area (Å²) in [6, 6.07) is 11.5. The molecule has 0 saturated carbocycles. The number of carbonyl (C=O) groups is 2. The van der Waals surface area contributed by atoms with Crippen LogP contribution in [-0.2, 0) is 16.0 Å². The zero-order valence-electron chi connectivity index (χ0n) is 16.7. The molecule has 1 N–H and O–H groups in total. The van der Waals surface area contributed by atoms with E-state index in [0.717, 1.165) is 41.5 Å². The molecule has 0 unspecified atom stereocenters. The third-order valence-corrected chi connectivity index (χ3v) is 5.74. The monoisotopic (exact) mass is 409 g/mol. The number of amides is 1. The van der Waals surface area contributed by atoms with Gasteiger partial charge in [0.1, 0.15) is 5.75 Å². The summed E-state index contributed by atoms with van der Waals surface area (Å²) >= 11 is 0. The van der Waals surface area contributed by atoms with Crippen LogP contribution in [-0.4, -0.2) is 55.8 Å². The first kappa shape index (κ1) is 18.6. The third-order valence-electron chi connectivity index (χ3n) is 5.74. The fraction of sp³-hybridized carbons (Fsp3) is 0.364. The Hall–Kier alpha value is -3.42. The highest BCUT2D eigenvalue weighted by Crippen LogP contribution is 2.36. The maximum Gasteiger partial charge on any atom is 0.315 e. The van der Waals surface area contributed by atoms with E-state index in [9.17, 15) is 9.59 Å². The maximum absolute atomic E-state index is 12.8. The molecule has 3 aliphatic rings. The number of ether oxygens (including phenoxy) is 3. The predicted molar refractivity (Wildman–Crippen MR) is 110 cm³/mol. The van der Waals surface area contributed by atoms with E-state index in [1.165, 1.54) is 0 Å². The number of nitrogens with one attached hydrogen (secondary N) is 1. The zero-order chi connectivity index (χ0) is 20.7. The first-order valence-corrected chi connectivity index (χ1v) is 10.1. The number of carbonyl (C=O) groups excluding carboxylic acids is 2. The second-order valence-electron chi connectivity index (χ2n) is 7.75. The lowest BCUT2D eigenvalue weighted by molar-refractivity contribution is -0.132. The van der Waals surface area contributed by atoms with Crippen LogP contribution in [0.1, 0.15) is 12.5 Å². The van der Waals surface area contributed by atoms with E-state index in [1.54, 1.807) is 6.07 Å². The number of anilines is 2. The lowest BCUT2D eigenvalue weighted by Crippen LogP contribution is -2.55. The Morgan fingerprint density at radius 1 is 1.10 bits per heavy atom. The number of hydrogen-bond acceptors (Lipinski definition) is 7. The summed E-state index contributed by atoms with van der Waals surface area (Å²) in [7, 11) is 0. The highest BCUT2D eigenvalue weighted by Gasteiger charge is 2.28. The summed E-state index contributed by atoms with van der Waals surface area (Å²) in [5.74, 6) is 1.91. The van der Waals surface area contributed by atoms with Crippen LogP contribution in [0.2, 0.25) is 0 Å². The van der Waals surface area contributed by atoms with Crippen molar-refractivity contribution < 1.29 is 23.8 Å². The van der Waals surface area contributed by atoms with Gasteiger partial charge in [0.15, 0.2) is 11.5 Å². The molecule has 0 spiro atoms. The average Bonchev–Trinajstić information content (AvgIpc) is 3.36. The predicted octanol–water partition coefficient (Wildman–Crippen LogP) is 2.03. The van der Waals surface area contributed by atoms with E-state index < -0.39 is 0 Å². The first-order chi connectivity index (χ1) is 14.6. The van der Waals surface area contributed by atoms with E-state index in [1.807, 2.05) is 35.2 Å². The van der Waals surface area contributed by atoms with Crippen molar-refractivity contribution in [3.05, 3.63) is 42.0 Å². The number of nitrogens with zero attached hydrogens (tertiary/aromatic N) is 2. The van der Waals surface area contributed by atoms with Crippen molar-refractivity contribution in [2.75, 3.05) is 43.2 Å². The third kappa shape index (κ3) is 3.49. The maximum atomic E-state index is 12.8. The van der Waals surface area contributed by atoms with E-state index in [-0.39, 0.29) is 31.3 Å². The van der Waals surface area contributed by atoms with E-state index in [4.69, 9.17) is 14.2 Å². The minimum absolute atomic E-state index is 0.0466. The minimum Gasteiger partial charge on any atom is -0.454 e. The van der Waals surface area contributed by atoms with Gasteiger partial charge in [-0.2, -0.15) is 0 Å². The fourth-order valence-corrected chi connectivity index (χ4v) is 4.14.